The van der Waals surface area contributed by atoms with Crippen LogP contribution in [0.2, 0.25) is 0 Å². The maximum atomic E-state index is 13.7. The number of aromatic hydroxyl groups is 1. The van der Waals surface area contributed by atoms with Crippen molar-refractivity contribution in [1.29, 1.82) is 0 Å². The van der Waals surface area contributed by atoms with Gasteiger partial charge in [0.1, 0.15) is 27.8 Å². The van der Waals surface area contributed by atoms with Crippen molar-refractivity contribution in [3.63, 3.8) is 0 Å². The molecule has 1 fully saturated rings. The second kappa shape index (κ2) is 11.2. The van der Waals surface area contributed by atoms with E-state index in [-0.39, 0.29) is 24.1 Å². The molecule has 1 saturated heterocycles. The molecular formula is C31H31N5O6. The molecule has 0 radical (unpaired) electrons. The Morgan fingerprint density at radius 2 is 1.86 bits per heavy atom. The number of rotatable bonds is 8. The van der Waals surface area contributed by atoms with Gasteiger partial charge in [0, 0.05) is 12.7 Å². The minimum absolute atomic E-state index is 0.0605. The Morgan fingerprint density at radius 3 is 2.52 bits per heavy atom. The first kappa shape index (κ1) is 27.3. The first-order valence-corrected chi connectivity index (χ1v) is 13.9. The highest BCUT2D eigenvalue weighted by molar-refractivity contribution is 6.26. The summed E-state index contributed by atoms with van der Waals surface area (Å²) < 4.78 is 10.7. The minimum Gasteiger partial charge on any atom is -0.508 e. The molecule has 2 aromatic carbocycles. The summed E-state index contributed by atoms with van der Waals surface area (Å²) in [5.41, 5.74) is 4.91. The van der Waals surface area contributed by atoms with E-state index in [1.165, 1.54) is 24.5 Å². The van der Waals surface area contributed by atoms with E-state index in [0.29, 0.717) is 34.0 Å². The molecule has 2 aliphatic heterocycles. The van der Waals surface area contributed by atoms with Crippen molar-refractivity contribution in [1.82, 2.24) is 15.0 Å². The quantitative estimate of drug-likeness (QED) is 0.203. The molecular weight excluding hydrogens is 538 g/mol. The molecule has 2 N–H and O–H groups in total. The second-order valence-corrected chi connectivity index (χ2v) is 10.8. The van der Waals surface area contributed by atoms with E-state index in [9.17, 15) is 20.0 Å². The Kier molecular flexibility index (Phi) is 7.26. The molecule has 216 valence electrons. The highest BCUT2D eigenvalue weighted by Gasteiger charge is 2.33. The van der Waals surface area contributed by atoms with Crippen LogP contribution in [0.5, 0.6) is 5.75 Å². The van der Waals surface area contributed by atoms with Crippen LogP contribution in [0.25, 0.3) is 5.57 Å². The van der Waals surface area contributed by atoms with Crippen molar-refractivity contribution in [3.8, 4) is 5.75 Å². The summed E-state index contributed by atoms with van der Waals surface area (Å²) in [6, 6.07) is 15.7. The fourth-order valence-electron chi connectivity index (χ4n) is 5.78. The molecule has 1 unspecified atom stereocenters. The number of aromatic nitrogens is 1. The number of carbonyl (C=O) groups is 1. The number of anilines is 1. The average Bonchev–Trinajstić information content (AvgIpc) is 3.73. The number of hydrogen-bond acceptors (Lipinski definition) is 9. The molecule has 11 nitrogen and oxygen atoms in total. The van der Waals surface area contributed by atoms with Crippen LogP contribution in [0.3, 0.4) is 0 Å². The van der Waals surface area contributed by atoms with E-state index in [1.54, 1.807) is 44.3 Å². The van der Waals surface area contributed by atoms with Gasteiger partial charge in [0.25, 0.3) is 5.91 Å². The molecule has 6 rings (SSSR count). The number of fused-ring (bicyclic) bond motifs is 1. The summed E-state index contributed by atoms with van der Waals surface area (Å²) >= 11 is 0. The van der Waals surface area contributed by atoms with Gasteiger partial charge in [-0.3, -0.25) is 19.8 Å². The van der Waals surface area contributed by atoms with E-state index < -0.39 is 11.0 Å². The van der Waals surface area contributed by atoms with Gasteiger partial charge in [-0.15, -0.1) is 0 Å². The Hall–Kier alpha value is -4.90. The first-order chi connectivity index (χ1) is 20.3. The fraction of sp³-hybridized carbons (Fsp3) is 0.290. The number of nitro groups is 1. The van der Waals surface area contributed by atoms with E-state index in [0.717, 1.165) is 30.8 Å². The fourth-order valence-corrected chi connectivity index (χ4v) is 5.78. The zero-order valence-electron chi connectivity index (χ0n) is 23.4. The summed E-state index contributed by atoms with van der Waals surface area (Å²) in [4.78, 5) is 28.8. The smallest absolute Gasteiger partial charge is 0.433 e. The molecule has 42 heavy (non-hydrogen) atoms. The first-order valence-electron chi connectivity index (χ1n) is 13.9. The molecule has 2 aromatic heterocycles. The van der Waals surface area contributed by atoms with Crippen LogP contribution in [-0.2, 0) is 17.9 Å². The van der Waals surface area contributed by atoms with Gasteiger partial charge in [0.2, 0.25) is 0 Å². The van der Waals surface area contributed by atoms with Crippen LogP contribution in [-0.4, -0.2) is 44.0 Å². The van der Waals surface area contributed by atoms with Crippen molar-refractivity contribution in [2.45, 2.75) is 45.8 Å². The maximum absolute atomic E-state index is 13.7. The molecule has 0 spiro atoms. The SMILES string of the molecule is Cc1noc(C)c1NC(=O)C1=CN(Cc2ccc([N+](=O)[O-])o2)C(c2ccc(CN3CCCC3)cc2)c2cc(O)ccc21. The number of amides is 1. The topological polar surface area (TPSA) is 138 Å². The molecule has 4 heterocycles. The van der Waals surface area contributed by atoms with Crippen LogP contribution in [0, 0.1) is 24.0 Å². The Balaban J connectivity index is 1.40. The van der Waals surface area contributed by atoms with Crippen molar-refractivity contribution >= 4 is 23.1 Å². The summed E-state index contributed by atoms with van der Waals surface area (Å²) in [5.74, 6) is 0.164. The summed E-state index contributed by atoms with van der Waals surface area (Å²) in [6.07, 6.45) is 4.18. The lowest BCUT2D eigenvalue weighted by atomic mass is 9.86. The third-order valence-corrected chi connectivity index (χ3v) is 7.83. The van der Waals surface area contributed by atoms with Crippen LogP contribution < -0.4 is 5.32 Å². The largest absolute Gasteiger partial charge is 0.508 e. The lowest BCUT2D eigenvalue weighted by molar-refractivity contribution is -0.402. The Morgan fingerprint density at radius 1 is 1.10 bits per heavy atom. The molecule has 0 saturated carbocycles. The number of aryl methyl sites for hydroxylation is 2. The van der Waals surface area contributed by atoms with Gasteiger partial charge in [0.15, 0.2) is 5.76 Å². The van der Waals surface area contributed by atoms with Crippen molar-refractivity contribution in [2.24, 2.45) is 0 Å². The number of hydrogen-bond donors (Lipinski definition) is 2. The number of carbonyl (C=O) groups excluding carboxylic acids is 1. The van der Waals surface area contributed by atoms with Gasteiger partial charge in [-0.1, -0.05) is 35.5 Å². The van der Waals surface area contributed by atoms with Gasteiger partial charge < -0.3 is 24.3 Å². The number of nitrogens with one attached hydrogen (secondary N) is 1. The number of likely N-dealkylation sites (tertiary alicyclic amines) is 1. The number of nitrogens with zero attached hydrogens (tertiary/aromatic N) is 4. The Bertz CT molecular complexity index is 1650. The lowest BCUT2D eigenvalue weighted by Crippen LogP contribution is -2.31. The van der Waals surface area contributed by atoms with Gasteiger partial charge in [0.05, 0.1) is 24.2 Å². The lowest BCUT2D eigenvalue weighted by Gasteiger charge is -2.37. The zero-order valence-corrected chi connectivity index (χ0v) is 23.4. The highest BCUT2D eigenvalue weighted by atomic mass is 16.6. The van der Waals surface area contributed by atoms with Crippen molar-refractivity contribution in [3.05, 3.63) is 110 Å². The van der Waals surface area contributed by atoms with Crippen LogP contribution in [0.4, 0.5) is 11.6 Å². The van der Waals surface area contributed by atoms with Crippen LogP contribution in [0.15, 0.2) is 69.7 Å². The molecule has 4 aromatic rings. The summed E-state index contributed by atoms with van der Waals surface area (Å²) in [5, 5.41) is 28.7. The predicted molar refractivity (Wildman–Crippen MR) is 154 cm³/mol. The summed E-state index contributed by atoms with van der Waals surface area (Å²) in [6.45, 7) is 6.69. The second-order valence-electron chi connectivity index (χ2n) is 10.8. The van der Waals surface area contributed by atoms with Crippen LogP contribution >= 0.6 is 0 Å². The third-order valence-electron chi connectivity index (χ3n) is 7.83. The van der Waals surface area contributed by atoms with Crippen LogP contribution in [0.1, 0.15) is 58.4 Å². The third kappa shape index (κ3) is 5.38. The van der Waals surface area contributed by atoms with Crippen molar-refractivity contribution in [2.75, 3.05) is 18.4 Å². The van der Waals surface area contributed by atoms with E-state index in [1.807, 2.05) is 4.90 Å². The summed E-state index contributed by atoms with van der Waals surface area (Å²) in [7, 11) is 0. The normalized spacial score (nSPS) is 16.8. The molecule has 11 heteroatoms. The molecule has 1 atom stereocenters. The predicted octanol–water partition coefficient (Wildman–Crippen LogP) is 5.68. The Labute approximate surface area is 242 Å². The van der Waals surface area contributed by atoms with Gasteiger partial charge in [-0.2, -0.15) is 0 Å². The monoisotopic (exact) mass is 569 g/mol. The van der Waals surface area contributed by atoms with Gasteiger partial charge in [-0.05, 0) is 80.2 Å². The molecule has 1 amide bonds. The number of benzene rings is 2. The highest BCUT2D eigenvalue weighted by Crippen LogP contribution is 2.42. The average molecular weight is 570 g/mol. The minimum atomic E-state index is -0.581. The number of phenols is 1. The van der Waals surface area contributed by atoms with Crippen molar-refractivity contribution < 1.29 is 23.8 Å². The zero-order chi connectivity index (χ0) is 29.4. The maximum Gasteiger partial charge on any atom is 0.433 e. The van der Waals surface area contributed by atoms with E-state index in [4.69, 9.17) is 8.94 Å². The van der Waals surface area contributed by atoms with E-state index in [2.05, 4.69) is 39.6 Å². The number of furan rings is 1. The molecule has 0 bridgehead atoms. The van der Waals surface area contributed by atoms with Gasteiger partial charge in [-0.25, -0.2) is 0 Å². The molecule has 0 aliphatic carbocycles. The molecule has 2 aliphatic rings. The van der Waals surface area contributed by atoms with E-state index >= 15 is 0 Å². The number of phenolic OH excluding ortho intramolecular Hbond substituents is 1. The standard InChI is InChI=1S/C31H31N5O6/c1-19-29(20(2)42-33-19)32-31(38)27-18-35(17-24-10-12-28(41-24)36(39)40)30(26-15-23(37)9-11-25(26)27)22-7-5-21(6-8-22)16-34-13-3-4-14-34/h5-12,15,18,30,37H,3-4,13-14,16-17H2,1-2H3,(H,32,38). The van der Waals surface area contributed by atoms with Gasteiger partial charge >= 0.3 is 5.88 Å².